The maximum Gasteiger partial charge on any atom is 0.146 e. The molecule has 14 heavy (non-hydrogen) atoms. The minimum absolute atomic E-state index is 0.175. The van der Waals surface area contributed by atoms with E-state index >= 15 is 0 Å². The Bertz CT molecular complexity index is 299. The van der Waals surface area contributed by atoms with Crippen LogP contribution in [0.1, 0.15) is 12.0 Å². The van der Waals surface area contributed by atoms with Gasteiger partial charge in [0.25, 0.3) is 0 Å². The molecule has 0 aliphatic rings. The third-order valence-corrected chi connectivity index (χ3v) is 2.12. The van der Waals surface area contributed by atoms with Gasteiger partial charge >= 0.3 is 0 Å². The second kappa shape index (κ2) is 4.96. The number of hydrogen-bond donors (Lipinski definition) is 1. The molecule has 0 aromatic heterocycles. The van der Waals surface area contributed by atoms with Gasteiger partial charge in [0.05, 0.1) is 5.69 Å². The van der Waals surface area contributed by atoms with Crippen LogP contribution < -0.4 is 4.90 Å². The summed E-state index contributed by atoms with van der Waals surface area (Å²) in [6.07, 6.45) is 1.51. The number of rotatable bonds is 4. The number of anilines is 1. The van der Waals surface area contributed by atoms with E-state index in [1.54, 1.807) is 11.0 Å². The van der Waals surface area contributed by atoms with Gasteiger partial charge in [-0.3, -0.25) is 0 Å². The molecular formula is C11H16FNO. The number of hydrogen-bond acceptors (Lipinski definition) is 2. The topological polar surface area (TPSA) is 23.5 Å². The molecular weight excluding hydrogens is 181 g/mol. The van der Waals surface area contributed by atoms with Crippen LogP contribution in [0.3, 0.4) is 0 Å². The van der Waals surface area contributed by atoms with Gasteiger partial charge < -0.3 is 10.0 Å². The summed E-state index contributed by atoms with van der Waals surface area (Å²) in [4.78, 5) is 1.75. The largest absolute Gasteiger partial charge is 0.396 e. The highest BCUT2D eigenvalue weighted by atomic mass is 19.1. The van der Waals surface area contributed by atoms with Gasteiger partial charge in [0.15, 0.2) is 0 Å². The number of aliphatic hydroxyl groups excluding tert-OH is 1. The first kappa shape index (κ1) is 11.0. The highest BCUT2D eigenvalue weighted by Gasteiger charge is 2.04. The van der Waals surface area contributed by atoms with Crippen LogP contribution in [-0.2, 0) is 6.42 Å². The second-order valence-electron chi connectivity index (χ2n) is 3.51. The lowest BCUT2D eigenvalue weighted by atomic mass is 10.1. The predicted octanol–water partition coefficient (Wildman–Crippen LogP) is 1.82. The second-order valence-corrected chi connectivity index (χ2v) is 3.51. The molecule has 0 saturated heterocycles. The van der Waals surface area contributed by atoms with E-state index in [1.807, 2.05) is 20.2 Å². The van der Waals surface area contributed by atoms with Crippen LogP contribution in [-0.4, -0.2) is 25.8 Å². The summed E-state index contributed by atoms with van der Waals surface area (Å²) in [7, 11) is 3.63. The van der Waals surface area contributed by atoms with Crippen molar-refractivity contribution in [3.05, 3.63) is 29.6 Å². The predicted molar refractivity (Wildman–Crippen MR) is 56.1 cm³/mol. The lowest BCUT2D eigenvalue weighted by molar-refractivity contribution is 0.288. The van der Waals surface area contributed by atoms with Gasteiger partial charge in [-0.05, 0) is 30.5 Å². The average Bonchev–Trinajstić information content (AvgIpc) is 2.16. The number of halogens is 1. The third-order valence-electron chi connectivity index (χ3n) is 2.12. The summed E-state index contributed by atoms with van der Waals surface area (Å²) in [5.41, 5.74) is 1.66. The smallest absolute Gasteiger partial charge is 0.146 e. The van der Waals surface area contributed by atoms with Crippen molar-refractivity contribution >= 4 is 5.69 Å². The quantitative estimate of drug-likeness (QED) is 0.795. The molecule has 1 rings (SSSR count). The molecule has 0 aliphatic heterocycles. The van der Waals surface area contributed by atoms with Crippen molar-refractivity contribution < 1.29 is 9.50 Å². The third kappa shape index (κ3) is 2.70. The van der Waals surface area contributed by atoms with Crippen LogP contribution in [0.15, 0.2) is 18.2 Å². The summed E-state index contributed by atoms with van der Waals surface area (Å²) in [6.45, 7) is 0.175. The molecule has 0 fully saturated rings. The van der Waals surface area contributed by atoms with Crippen molar-refractivity contribution in [2.24, 2.45) is 0 Å². The highest BCUT2D eigenvalue weighted by molar-refractivity contribution is 5.48. The molecule has 0 spiro atoms. The van der Waals surface area contributed by atoms with E-state index in [0.29, 0.717) is 5.69 Å². The number of nitrogens with zero attached hydrogens (tertiary/aromatic N) is 1. The minimum Gasteiger partial charge on any atom is -0.396 e. The Balaban J connectivity index is 2.83. The molecule has 0 heterocycles. The first-order valence-corrected chi connectivity index (χ1v) is 4.71. The summed E-state index contributed by atoms with van der Waals surface area (Å²) in [5.74, 6) is -0.206. The van der Waals surface area contributed by atoms with Crippen molar-refractivity contribution in [3.8, 4) is 0 Å². The molecule has 1 aromatic carbocycles. The van der Waals surface area contributed by atoms with E-state index in [1.165, 1.54) is 6.07 Å². The van der Waals surface area contributed by atoms with E-state index in [2.05, 4.69) is 0 Å². The number of benzene rings is 1. The fraction of sp³-hybridized carbons (Fsp3) is 0.455. The Morgan fingerprint density at radius 2 is 2.07 bits per heavy atom. The van der Waals surface area contributed by atoms with Crippen LogP contribution in [0.25, 0.3) is 0 Å². The summed E-state index contributed by atoms with van der Waals surface area (Å²) in [5, 5.41) is 8.68. The van der Waals surface area contributed by atoms with Crippen LogP contribution in [0, 0.1) is 5.82 Å². The molecule has 0 aliphatic carbocycles. The Labute approximate surface area is 84.0 Å². The van der Waals surface area contributed by atoms with Gasteiger partial charge in [-0.25, -0.2) is 4.39 Å². The SMILES string of the molecule is CN(C)c1cc(CCCO)ccc1F. The molecule has 0 unspecified atom stereocenters. The van der Waals surface area contributed by atoms with E-state index in [9.17, 15) is 4.39 Å². The molecule has 1 N–H and O–H groups in total. The zero-order chi connectivity index (χ0) is 10.6. The van der Waals surface area contributed by atoms with Gasteiger partial charge in [0, 0.05) is 20.7 Å². The Morgan fingerprint density at radius 1 is 1.36 bits per heavy atom. The molecule has 0 saturated carbocycles. The molecule has 1 aromatic rings. The first-order chi connectivity index (χ1) is 6.65. The Kier molecular flexibility index (Phi) is 3.89. The van der Waals surface area contributed by atoms with Crippen molar-refractivity contribution in [1.29, 1.82) is 0 Å². The first-order valence-electron chi connectivity index (χ1n) is 4.71. The van der Waals surface area contributed by atoms with Gasteiger partial charge in [-0.2, -0.15) is 0 Å². The lowest BCUT2D eigenvalue weighted by Gasteiger charge is -2.14. The van der Waals surface area contributed by atoms with E-state index < -0.39 is 0 Å². The van der Waals surface area contributed by atoms with E-state index in [-0.39, 0.29) is 12.4 Å². The summed E-state index contributed by atoms with van der Waals surface area (Å²) >= 11 is 0. The molecule has 0 bridgehead atoms. The van der Waals surface area contributed by atoms with Crippen molar-refractivity contribution in [2.75, 3.05) is 25.6 Å². The maximum absolute atomic E-state index is 13.3. The molecule has 2 nitrogen and oxygen atoms in total. The zero-order valence-corrected chi connectivity index (χ0v) is 8.63. The molecule has 0 amide bonds. The fourth-order valence-corrected chi connectivity index (χ4v) is 1.34. The molecule has 78 valence electrons. The number of aliphatic hydroxyl groups is 1. The molecule has 3 heteroatoms. The Morgan fingerprint density at radius 3 is 2.64 bits per heavy atom. The van der Waals surface area contributed by atoms with Crippen LogP contribution in [0.5, 0.6) is 0 Å². The van der Waals surface area contributed by atoms with Gasteiger partial charge in [-0.1, -0.05) is 6.07 Å². The van der Waals surface area contributed by atoms with E-state index in [0.717, 1.165) is 18.4 Å². The van der Waals surface area contributed by atoms with Crippen molar-refractivity contribution in [2.45, 2.75) is 12.8 Å². The standard InChI is InChI=1S/C11H16FNO/c1-13(2)11-8-9(4-3-7-14)5-6-10(11)12/h5-6,8,14H,3-4,7H2,1-2H3. The van der Waals surface area contributed by atoms with Crippen LogP contribution >= 0.6 is 0 Å². The normalized spacial score (nSPS) is 10.3. The molecule has 0 radical (unpaired) electrons. The molecule has 0 atom stereocenters. The van der Waals surface area contributed by atoms with Gasteiger partial charge in [0.1, 0.15) is 5.82 Å². The van der Waals surface area contributed by atoms with Crippen LogP contribution in [0.2, 0.25) is 0 Å². The van der Waals surface area contributed by atoms with Gasteiger partial charge in [-0.15, -0.1) is 0 Å². The maximum atomic E-state index is 13.3. The minimum atomic E-state index is -0.206. The fourth-order valence-electron chi connectivity index (χ4n) is 1.34. The number of aryl methyl sites for hydroxylation is 1. The van der Waals surface area contributed by atoms with Crippen molar-refractivity contribution in [1.82, 2.24) is 0 Å². The van der Waals surface area contributed by atoms with Crippen molar-refractivity contribution in [3.63, 3.8) is 0 Å². The van der Waals surface area contributed by atoms with Crippen LogP contribution in [0.4, 0.5) is 10.1 Å². The highest BCUT2D eigenvalue weighted by Crippen LogP contribution is 2.19. The average molecular weight is 197 g/mol. The zero-order valence-electron chi connectivity index (χ0n) is 8.63. The summed E-state index contributed by atoms with van der Waals surface area (Å²) < 4.78 is 13.3. The van der Waals surface area contributed by atoms with Gasteiger partial charge in [0.2, 0.25) is 0 Å². The summed E-state index contributed by atoms with van der Waals surface area (Å²) in [6, 6.07) is 5.06. The lowest BCUT2D eigenvalue weighted by Crippen LogP contribution is -2.11. The van der Waals surface area contributed by atoms with E-state index in [4.69, 9.17) is 5.11 Å². The Hall–Kier alpha value is -1.09. The monoisotopic (exact) mass is 197 g/mol.